The Hall–Kier alpha value is -7.80. The molecule has 0 nitrogen and oxygen atoms in total. The molecule has 0 saturated carbocycles. The Morgan fingerprint density at radius 1 is 0.217 bits per heavy atom. The standard InChI is InChI=1S/C69H52/c1-67(2)60-25-14-12-20-50(60)57-37-45(30-35-61(57)67)66-55-22-10-9-21-54(55)65(56-34-28-44(36-58(56)66)48-23-15-17-41-16-7-8-18-47(41)48)46-29-33-53-52-32-27-43(39-63(52)69(5,6)64(53)40-46)42-26-31-51-49-19-11-13-24-59(49)68(3,4)62(51)38-42/h7-40H,1-6H3. The number of hydrogen-bond donors (Lipinski definition) is 0. The lowest BCUT2D eigenvalue weighted by atomic mass is 9.79. The van der Waals surface area contributed by atoms with Crippen LogP contribution < -0.4 is 0 Å². The Labute approximate surface area is 405 Å². The maximum Gasteiger partial charge on any atom is 0.0159 e. The molecule has 0 amide bonds. The quantitative estimate of drug-likeness (QED) is 0.155. The van der Waals surface area contributed by atoms with Crippen LogP contribution in [-0.2, 0) is 16.2 Å². The molecule has 0 atom stereocenters. The lowest BCUT2D eigenvalue weighted by Gasteiger charge is -2.24. The molecule has 0 saturated heterocycles. The molecule has 0 spiro atoms. The van der Waals surface area contributed by atoms with Gasteiger partial charge in [-0.2, -0.15) is 0 Å². The monoisotopic (exact) mass is 880 g/mol. The molecule has 3 aliphatic rings. The predicted molar refractivity (Wildman–Crippen MR) is 293 cm³/mol. The maximum absolute atomic E-state index is 2.53. The maximum atomic E-state index is 2.53. The molecular formula is C69H52. The van der Waals surface area contributed by atoms with Gasteiger partial charge >= 0.3 is 0 Å². The first-order chi connectivity index (χ1) is 33.5. The average molecular weight is 881 g/mol. The number of hydrogen-bond acceptors (Lipinski definition) is 0. The summed E-state index contributed by atoms with van der Waals surface area (Å²) in [7, 11) is 0. The number of fused-ring (bicyclic) bond motifs is 12. The molecular weight excluding hydrogens is 829 g/mol. The third-order valence-corrected chi connectivity index (χ3v) is 16.9. The molecule has 328 valence electrons. The lowest BCUT2D eigenvalue weighted by Crippen LogP contribution is -2.15. The zero-order chi connectivity index (χ0) is 46.6. The molecule has 0 unspecified atom stereocenters. The summed E-state index contributed by atoms with van der Waals surface area (Å²) in [6.07, 6.45) is 0. The van der Waals surface area contributed by atoms with Gasteiger partial charge in [-0.25, -0.2) is 0 Å². The van der Waals surface area contributed by atoms with E-state index in [2.05, 4.69) is 248 Å². The molecule has 0 N–H and O–H groups in total. The fourth-order valence-electron chi connectivity index (χ4n) is 13.3. The van der Waals surface area contributed by atoms with E-state index in [0.29, 0.717) is 0 Å². The fourth-order valence-corrected chi connectivity index (χ4v) is 13.3. The Morgan fingerprint density at radius 3 is 1.26 bits per heavy atom. The van der Waals surface area contributed by atoms with Crippen molar-refractivity contribution in [3.05, 3.63) is 240 Å². The smallest absolute Gasteiger partial charge is 0.0159 e. The fraction of sp³-hybridized carbons (Fsp3) is 0.130. The second-order valence-electron chi connectivity index (χ2n) is 21.6. The second kappa shape index (κ2) is 14.1. The molecule has 0 fully saturated rings. The summed E-state index contributed by atoms with van der Waals surface area (Å²) in [5.41, 5.74) is 26.3. The van der Waals surface area contributed by atoms with Crippen molar-refractivity contribution < 1.29 is 0 Å². The highest BCUT2D eigenvalue weighted by Crippen LogP contribution is 2.55. The van der Waals surface area contributed by atoms with Crippen LogP contribution in [0.5, 0.6) is 0 Å². The molecule has 0 bridgehead atoms. The van der Waals surface area contributed by atoms with Crippen molar-refractivity contribution in [1.29, 1.82) is 0 Å². The molecule has 69 heavy (non-hydrogen) atoms. The highest BCUT2D eigenvalue weighted by Gasteiger charge is 2.39. The van der Waals surface area contributed by atoms with Gasteiger partial charge in [-0.1, -0.05) is 217 Å². The van der Waals surface area contributed by atoms with Gasteiger partial charge in [0.2, 0.25) is 0 Å². The van der Waals surface area contributed by atoms with Crippen molar-refractivity contribution >= 4 is 32.3 Å². The summed E-state index contributed by atoms with van der Waals surface area (Å²) in [6, 6.07) is 78.8. The van der Waals surface area contributed by atoms with E-state index in [4.69, 9.17) is 0 Å². The number of benzene rings is 11. The SMILES string of the molecule is CC1(C)c2ccccc2-c2cc(-c3c4ccccc4c(-c4ccc5c(c4)C(C)(C)c4cc(-c6ccc7c(c6)C(C)(C)c6ccccc6-7)ccc4-5)c4ccc(-c5cccc6ccccc56)cc34)ccc21. The van der Waals surface area contributed by atoms with Crippen LogP contribution in [0, 0.1) is 0 Å². The van der Waals surface area contributed by atoms with Gasteiger partial charge in [0.15, 0.2) is 0 Å². The Bertz CT molecular complexity index is 4030. The number of rotatable bonds is 4. The van der Waals surface area contributed by atoms with Crippen molar-refractivity contribution in [2.24, 2.45) is 0 Å². The van der Waals surface area contributed by atoms with Crippen molar-refractivity contribution in [3.8, 4) is 77.9 Å². The first-order valence-electron chi connectivity index (χ1n) is 24.7. The Kier molecular flexibility index (Phi) is 8.25. The molecule has 0 heteroatoms. The Balaban J connectivity index is 0.951. The topological polar surface area (TPSA) is 0 Å². The van der Waals surface area contributed by atoms with E-state index in [1.165, 1.54) is 144 Å². The normalized spacial score (nSPS) is 15.2. The molecule has 3 aliphatic carbocycles. The molecule has 0 aliphatic heterocycles. The first kappa shape index (κ1) is 40.3. The minimum atomic E-state index is -0.204. The largest absolute Gasteiger partial charge is 0.0619 e. The second-order valence-corrected chi connectivity index (χ2v) is 21.6. The molecule has 0 heterocycles. The van der Waals surface area contributed by atoms with E-state index in [1.54, 1.807) is 0 Å². The van der Waals surface area contributed by atoms with Crippen LogP contribution in [0.3, 0.4) is 0 Å². The predicted octanol–water partition coefficient (Wildman–Crippen LogP) is 18.7. The van der Waals surface area contributed by atoms with E-state index < -0.39 is 0 Å². The van der Waals surface area contributed by atoms with Gasteiger partial charge in [-0.15, -0.1) is 0 Å². The van der Waals surface area contributed by atoms with E-state index in [0.717, 1.165) is 0 Å². The van der Waals surface area contributed by atoms with Crippen LogP contribution in [0.15, 0.2) is 206 Å². The third-order valence-electron chi connectivity index (χ3n) is 16.9. The van der Waals surface area contributed by atoms with Gasteiger partial charge < -0.3 is 0 Å². The van der Waals surface area contributed by atoms with Crippen LogP contribution in [0.4, 0.5) is 0 Å². The highest BCUT2D eigenvalue weighted by atomic mass is 14.4. The van der Waals surface area contributed by atoms with Crippen LogP contribution in [0.1, 0.15) is 74.9 Å². The lowest BCUT2D eigenvalue weighted by molar-refractivity contribution is 0.659. The van der Waals surface area contributed by atoms with Crippen LogP contribution in [0.2, 0.25) is 0 Å². The molecule has 14 rings (SSSR count). The van der Waals surface area contributed by atoms with Crippen LogP contribution in [0.25, 0.3) is 110 Å². The van der Waals surface area contributed by atoms with E-state index in [9.17, 15) is 0 Å². The van der Waals surface area contributed by atoms with Gasteiger partial charge in [0.1, 0.15) is 0 Å². The van der Waals surface area contributed by atoms with E-state index in [1.807, 2.05) is 0 Å². The van der Waals surface area contributed by atoms with Crippen LogP contribution >= 0.6 is 0 Å². The zero-order valence-electron chi connectivity index (χ0n) is 40.1. The minimum absolute atomic E-state index is 0.0425. The third kappa shape index (κ3) is 5.58. The van der Waals surface area contributed by atoms with Gasteiger partial charge in [-0.3, -0.25) is 0 Å². The Morgan fingerprint density at radius 2 is 0.609 bits per heavy atom. The summed E-state index contributed by atoms with van der Waals surface area (Å²) in [5.74, 6) is 0. The van der Waals surface area contributed by atoms with Crippen LogP contribution in [-0.4, -0.2) is 0 Å². The summed E-state index contributed by atoms with van der Waals surface area (Å²) in [4.78, 5) is 0. The first-order valence-corrected chi connectivity index (χ1v) is 24.7. The van der Waals surface area contributed by atoms with E-state index >= 15 is 0 Å². The molecule has 11 aromatic rings. The van der Waals surface area contributed by atoms with Crippen molar-refractivity contribution in [2.45, 2.75) is 57.8 Å². The minimum Gasteiger partial charge on any atom is -0.0619 e. The van der Waals surface area contributed by atoms with Gasteiger partial charge in [0.05, 0.1) is 0 Å². The summed E-state index contributed by atoms with van der Waals surface area (Å²) in [5, 5.41) is 7.61. The summed E-state index contributed by atoms with van der Waals surface area (Å²) in [6.45, 7) is 14.3. The highest BCUT2D eigenvalue weighted by molar-refractivity contribution is 6.22. The van der Waals surface area contributed by atoms with Gasteiger partial charge in [-0.05, 0) is 174 Å². The van der Waals surface area contributed by atoms with Gasteiger partial charge in [0.25, 0.3) is 0 Å². The molecule has 11 aromatic carbocycles. The molecule has 0 aromatic heterocycles. The van der Waals surface area contributed by atoms with Gasteiger partial charge in [0, 0.05) is 16.2 Å². The summed E-state index contributed by atoms with van der Waals surface area (Å²) < 4.78 is 0. The average Bonchev–Trinajstić information content (AvgIpc) is 3.86. The van der Waals surface area contributed by atoms with Crippen molar-refractivity contribution in [1.82, 2.24) is 0 Å². The molecule has 0 radical (unpaired) electrons. The van der Waals surface area contributed by atoms with E-state index in [-0.39, 0.29) is 16.2 Å². The van der Waals surface area contributed by atoms with Crippen molar-refractivity contribution in [3.63, 3.8) is 0 Å². The van der Waals surface area contributed by atoms with Crippen molar-refractivity contribution in [2.75, 3.05) is 0 Å². The zero-order valence-corrected chi connectivity index (χ0v) is 40.1. The summed E-state index contributed by atoms with van der Waals surface area (Å²) >= 11 is 0.